The lowest BCUT2D eigenvalue weighted by atomic mass is 10.2. The fraction of sp³-hybridized carbons (Fsp3) is 0.333. The molecule has 0 bridgehead atoms. The maximum atomic E-state index is 12.6. The summed E-state index contributed by atoms with van der Waals surface area (Å²) in [7, 11) is -3.44. The molecule has 2 aromatic carbocycles. The van der Waals surface area contributed by atoms with Crippen LogP contribution in [0.15, 0.2) is 53.4 Å². The quantitative estimate of drug-likeness (QED) is 0.818. The van der Waals surface area contributed by atoms with Crippen LogP contribution in [0.5, 0.6) is 5.75 Å². The maximum absolute atomic E-state index is 12.6. The number of phenolic OH excluding ortho intramolecular Hbond substituents is 1. The molecule has 1 aliphatic heterocycles. The van der Waals surface area contributed by atoms with E-state index in [1.807, 2.05) is 18.2 Å². The normalized spacial score (nSPS) is 16.0. The fourth-order valence-corrected chi connectivity index (χ4v) is 4.14. The van der Waals surface area contributed by atoms with E-state index in [0.29, 0.717) is 44.3 Å². The molecule has 0 aliphatic carbocycles. The van der Waals surface area contributed by atoms with Crippen LogP contribution in [0.3, 0.4) is 0 Å². The van der Waals surface area contributed by atoms with E-state index in [1.54, 1.807) is 30.3 Å². The molecule has 0 amide bonds. The predicted octanol–water partition coefficient (Wildman–Crippen LogP) is 1.70. The second-order valence-corrected chi connectivity index (χ2v) is 7.87. The van der Waals surface area contributed by atoms with Crippen molar-refractivity contribution in [2.45, 2.75) is 18.0 Å². The summed E-state index contributed by atoms with van der Waals surface area (Å²) in [4.78, 5) is 0.311. The first kappa shape index (κ1) is 17.9. The Kier molecular flexibility index (Phi) is 5.70. The summed E-state index contributed by atoms with van der Waals surface area (Å²) in [5.41, 5.74) is 1.99. The molecule has 1 fully saturated rings. The van der Waals surface area contributed by atoms with E-state index in [4.69, 9.17) is 4.74 Å². The van der Waals surface area contributed by atoms with Crippen molar-refractivity contribution >= 4 is 10.0 Å². The standard InChI is InChI=1S/C18H22N2O4S/c21-17-3-1-2-16(12-17)14-19-13-15-4-6-18(7-5-15)25(22,23)20-8-10-24-11-9-20/h1-7,12,19,21H,8-11,13-14H2. The van der Waals surface area contributed by atoms with E-state index >= 15 is 0 Å². The maximum Gasteiger partial charge on any atom is 0.243 e. The van der Waals surface area contributed by atoms with Gasteiger partial charge >= 0.3 is 0 Å². The van der Waals surface area contributed by atoms with Crippen molar-refractivity contribution in [3.05, 3.63) is 59.7 Å². The molecule has 0 unspecified atom stereocenters. The highest BCUT2D eigenvalue weighted by molar-refractivity contribution is 7.89. The van der Waals surface area contributed by atoms with Crippen LogP contribution in [-0.4, -0.2) is 44.1 Å². The summed E-state index contributed by atoms with van der Waals surface area (Å²) < 4.78 is 31.8. The smallest absolute Gasteiger partial charge is 0.243 e. The molecular formula is C18H22N2O4S. The number of phenols is 1. The minimum absolute atomic E-state index is 0.247. The molecule has 6 nitrogen and oxygen atoms in total. The Morgan fingerprint density at radius 2 is 1.68 bits per heavy atom. The molecule has 0 saturated carbocycles. The van der Waals surface area contributed by atoms with Gasteiger partial charge in [0.25, 0.3) is 0 Å². The number of nitrogens with zero attached hydrogens (tertiary/aromatic N) is 1. The van der Waals surface area contributed by atoms with Gasteiger partial charge in [-0.3, -0.25) is 0 Å². The van der Waals surface area contributed by atoms with Gasteiger partial charge in [0.15, 0.2) is 0 Å². The number of hydrogen-bond donors (Lipinski definition) is 2. The molecule has 25 heavy (non-hydrogen) atoms. The third kappa shape index (κ3) is 4.58. The summed E-state index contributed by atoms with van der Waals surface area (Å²) >= 11 is 0. The van der Waals surface area contributed by atoms with Gasteiger partial charge in [0.2, 0.25) is 10.0 Å². The Labute approximate surface area is 148 Å². The molecule has 0 spiro atoms. The predicted molar refractivity (Wildman–Crippen MR) is 94.7 cm³/mol. The van der Waals surface area contributed by atoms with Gasteiger partial charge in [-0.25, -0.2) is 8.42 Å². The van der Waals surface area contributed by atoms with E-state index in [1.165, 1.54) is 4.31 Å². The summed E-state index contributed by atoms with van der Waals surface area (Å²) in [5, 5.41) is 12.7. The Bertz CT molecular complexity index is 800. The molecule has 7 heteroatoms. The van der Waals surface area contributed by atoms with Crippen molar-refractivity contribution in [3.8, 4) is 5.75 Å². The Balaban J connectivity index is 1.58. The van der Waals surface area contributed by atoms with Crippen molar-refractivity contribution in [3.63, 3.8) is 0 Å². The topological polar surface area (TPSA) is 78.9 Å². The number of nitrogens with one attached hydrogen (secondary N) is 1. The molecule has 1 aliphatic rings. The molecule has 0 atom stereocenters. The largest absolute Gasteiger partial charge is 0.508 e. The van der Waals surface area contributed by atoms with Gasteiger partial charge in [0.1, 0.15) is 5.75 Å². The lowest BCUT2D eigenvalue weighted by molar-refractivity contribution is 0.0730. The highest BCUT2D eigenvalue weighted by Gasteiger charge is 2.25. The number of aromatic hydroxyl groups is 1. The number of hydrogen-bond acceptors (Lipinski definition) is 5. The van der Waals surface area contributed by atoms with Crippen LogP contribution in [0, 0.1) is 0 Å². The monoisotopic (exact) mass is 362 g/mol. The number of morpholine rings is 1. The highest BCUT2D eigenvalue weighted by atomic mass is 32.2. The van der Waals surface area contributed by atoms with E-state index in [-0.39, 0.29) is 5.75 Å². The second kappa shape index (κ2) is 7.97. The van der Waals surface area contributed by atoms with Gasteiger partial charge in [0, 0.05) is 26.2 Å². The van der Waals surface area contributed by atoms with Crippen LogP contribution in [0.4, 0.5) is 0 Å². The van der Waals surface area contributed by atoms with Gasteiger partial charge in [-0.1, -0.05) is 24.3 Å². The zero-order valence-electron chi connectivity index (χ0n) is 13.9. The number of sulfonamides is 1. The lowest BCUT2D eigenvalue weighted by Crippen LogP contribution is -2.40. The molecule has 2 aromatic rings. The van der Waals surface area contributed by atoms with Crippen LogP contribution < -0.4 is 5.32 Å². The van der Waals surface area contributed by atoms with Crippen molar-refractivity contribution in [1.82, 2.24) is 9.62 Å². The number of ether oxygens (including phenoxy) is 1. The SMILES string of the molecule is O=S(=O)(c1ccc(CNCc2cccc(O)c2)cc1)N1CCOCC1. The minimum atomic E-state index is -3.44. The van der Waals surface area contributed by atoms with E-state index in [9.17, 15) is 13.5 Å². The van der Waals surface area contributed by atoms with E-state index in [2.05, 4.69) is 5.32 Å². The summed E-state index contributed by atoms with van der Waals surface area (Å²) in [6.45, 7) is 2.92. The molecule has 3 rings (SSSR count). The number of benzene rings is 2. The summed E-state index contributed by atoms with van der Waals surface area (Å²) in [5.74, 6) is 0.247. The molecule has 1 saturated heterocycles. The highest BCUT2D eigenvalue weighted by Crippen LogP contribution is 2.18. The van der Waals surface area contributed by atoms with Gasteiger partial charge in [-0.05, 0) is 35.4 Å². The van der Waals surface area contributed by atoms with Crippen molar-refractivity contribution in [2.75, 3.05) is 26.3 Å². The lowest BCUT2D eigenvalue weighted by Gasteiger charge is -2.26. The average Bonchev–Trinajstić information content (AvgIpc) is 2.63. The van der Waals surface area contributed by atoms with Crippen LogP contribution in [0.25, 0.3) is 0 Å². The first-order chi connectivity index (χ1) is 12.1. The van der Waals surface area contributed by atoms with Crippen LogP contribution in [-0.2, 0) is 27.8 Å². The third-order valence-corrected chi connectivity index (χ3v) is 6.01. The molecule has 134 valence electrons. The van der Waals surface area contributed by atoms with Crippen molar-refractivity contribution in [2.24, 2.45) is 0 Å². The van der Waals surface area contributed by atoms with Crippen molar-refractivity contribution < 1.29 is 18.3 Å². The average molecular weight is 362 g/mol. The van der Waals surface area contributed by atoms with Crippen LogP contribution in [0.1, 0.15) is 11.1 Å². The number of rotatable bonds is 6. The van der Waals surface area contributed by atoms with E-state index in [0.717, 1.165) is 11.1 Å². The molecule has 2 N–H and O–H groups in total. The Morgan fingerprint density at radius 3 is 2.36 bits per heavy atom. The molecule has 1 heterocycles. The first-order valence-electron chi connectivity index (χ1n) is 8.21. The fourth-order valence-electron chi connectivity index (χ4n) is 2.73. The van der Waals surface area contributed by atoms with Gasteiger partial charge in [-0.2, -0.15) is 4.31 Å². The molecular weight excluding hydrogens is 340 g/mol. The third-order valence-electron chi connectivity index (χ3n) is 4.10. The van der Waals surface area contributed by atoms with Crippen molar-refractivity contribution in [1.29, 1.82) is 0 Å². The minimum Gasteiger partial charge on any atom is -0.508 e. The molecule has 0 aromatic heterocycles. The Morgan fingerprint density at radius 1 is 1.00 bits per heavy atom. The second-order valence-electron chi connectivity index (χ2n) is 5.93. The summed E-state index contributed by atoms with van der Waals surface area (Å²) in [6.07, 6.45) is 0. The Hall–Kier alpha value is -1.93. The van der Waals surface area contributed by atoms with E-state index < -0.39 is 10.0 Å². The van der Waals surface area contributed by atoms with Gasteiger partial charge in [-0.15, -0.1) is 0 Å². The zero-order valence-corrected chi connectivity index (χ0v) is 14.7. The van der Waals surface area contributed by atoms with Gasteiger partial charge < -0.3 is 15.2 Å². The zero-order chi connectivity index (χ0) is 17.7. The van der Waals surface area contributed by atoms with Gasteiger partial charge in [0.05, 0.1) is 18.1 Å². The van der Waals surface area contributed by atoms with Crippen LogP contribution in [0.2, 0.25) is 0 Å². The first-order valence-corrected chi connectivity index (χ1v) is 9.65. The van der Waals surface area contributed by atoms with Crippen LogP contribution >= 0.6 is 0 Å². The summed E-state index contributed by atoms with van der Waals surface area (Å²) in [6, 6.07) is 14.0. The molecule has 0 radical (unpaired) electrons.